The highest BCUT2D eigenvalue weighted by Crippen LogP contribution is 2.29. The Morgan fingerprint density at radius 1 is 0.978 bits per heavy atom. The Kier molecular flexibility index (Phi) is 14.2. The topological polar surface area (TPSA) is 182 Å². The molecule has 0 aromatic heterocycles. The van der Waals surface area contributed by atoms with Crippen LogP contribution >= 0.6 is 0 Å². The molecule has 1 saturated heterocycles. The molecular weight excluding hydrogens is 574 g/mol. The van der Waals surface area contributed by atoms with E-state index in [0.29, 0.717) is 44.0 Å². The van der Waals surface area contributed by atoms with Crippen LogP contribution in [0.25, 0.3) is 0 Å². The van der Waals surface area contributed by atoms with Crippen molar-refractivity contribution in [2.24, 2.45) is 35.1 Å². The molecule has 0 spiro atoms. The summed E-state index contributed by atoms with van der Waals surface area (Å²) in [4.78, 5) is 78.1. The molecule has 3 atom stereocenters. The zero-order chi connectivity index (χ0) is 32.9. The van der Waals surface area contributed by atoms with E-state index in [9.17, 15) is 28.8 Å². The smallest absolute Gasteiger partial charge is 0.288 e. The summed E-state index contributed by atoms with van der Waals surface area (Å²) in [5, 5.41) is 5.52. The van der Waals surface area contributed by atoms with Gasteiger partial charge in [-0.1, -0.05) is 64.5 Å². The Hall–Kier alpha value is -3.60. The lowest BCUT2D eigenvalue weighted by Crippen LogP contribution is -2.47. The minimum atomic E-state index is -1.01. The molecule has 6 N–H and O–H groups in total. The molecule has 1 aromatic rings. The summed E-state index contributed by atoms with van der Waals surface area (Å²) in [5.41, 5.74) is 12.2. The van der Waals surface area contributed by atoms with Gasteiger partial charge in [-0.25, -0.2) is 0 Å². The molecule has 1 saturated carbocycles. The molecule has 1 aromatic carbocycles. The molecule has 11 heteroatoms. The van der Waals surface area contributed by atoms with Crippen molar-refractivity contribution in [3.63, 3.8) is 0 Å². The summed E-state index contributed by atoms with van der Waals surface area (Å²) in [6.07, 6.45) is 7.06. The van der Waals surface area contributed by atoms with Crippen molar-refractivity contribution in [2.45, 2.75) is 97.1 Å². The van der Waals surface area contributed by atoms with Gasteiger partial charge in [-0.15, -0.1) is 0 Å². The van der Waals surface area contributed by atoms with Crippen LogP contribution in [0.15, 0.2) is 24.3 Å². The number of rotatable bonds is 16. The van der Waals surface area contributed by atoms with Gasteiger partial charge in [-0.3, -0.25) is 28.8 Å². The van der Waals surface area contributed by atoms with Crippen LogP contribution in [0.1, 0.15) is 100 Å². The van der Waals surface area contributed by atoms with Gasteiger partial charge in [0.25, 0.3) is 11.8 Å². The number of carbonyl (C=O) groups excluding carboxylic acids is 6. The van der Waals surface area contributed by atoms with Gasteiger partial charge in [0.15, 0.2) is 5.78 Å². The van der Waals surface area contributed by atoms with Crippen molar-refractivity contribution in [1.82, 2.24) is 15.5 Å². The van der Waals surface area contributed by atoms with E-state index in [4.69, 9.17) is 11.5 Å². The van der Waals surface area contributed by atoms with Gasteiger partial charge in [-0.05, 0) is 61.3 Å². The summed E-state index contributed by atoms with van der Waals surface area (Å²) < 4.78 is 0. The van der Waals surface area contributed by atoms with Crippen LogP contribution in [0, 0.1) is 23.7 Å². The van der Waals surface area contributed by atoms with Crippen molar-refractivity contribution in [2.75, 3.05) is 19.6 Å². The molecule has 0 radical (unpaired) electrons. The van der Waals surface area contributed by atoms with Gasteiger partial charge in [-0.2, -0.15) is 0 Å². The fourth-order valence-corrected chi connectivity index (χ4v) is 6.39. The number of nitrogens with one attached hydrogen (secondary N) is 2. The van der Waals surface area contributed by atoms with E-state index in [1.807, 2.05) is 24.8 Å². The lowest BCUT2D eigenvalue weighted by molar-refractivity contribution is -0.141. The van der Waals surface area contributed by atoms with E-state index in [0.717, 1.165) is 50.5 Å². The number of ketones is 2. The van der Waals surface area contributed by atoms with E-state index in [-0.39, 0.29) is 42.4 Å². The van der Waals surface area contributed by atoms with Crippen molar-refractivity contribution < 1.29 is 28.8 Å². The summed E-state index contributed by atoms with van der Waals surface area (Å²) >= 11 is 0. The number of amides is 4. The number of nitrogens with zero attached hydrogens (tertiary/aromatic N) is 1. The van der Waals surface area contributed by atoms with Crippen molar-refractivity contribution in [3.05, 3.63) is 35.4 Å². The maximum Gasteiger partial charge on any atom is 0.288 e. The summed E-state index contributed by atoms with van der Waals surface area (Å²) in [5.74, 6) is -3.65. The Morgan fingerprint density at radius 3 is 2.29 bits per heavy atom. The van der Waals surface area contributed by atoms with E-state index >= 15 is 0 Å². The molecule has 45 heavy (non-hydrogen) atoms. The number of hydrogen-bond acceptors (Lipinski definition) is 7. The first-order valence-corrected chi connectivity index (χ1v) is 16.5. The van der Waals surface area contributed by atoms with Crippen LogP contribution in [0.3, 0.4) is 0 Å². The number of Topliss-reactive ketones (excluding diaryl/α,β-unsaturated/α-hetero) is 2. The van der Waals surface area contributed by atoms with Crippen LogP contribution in [-0.2, 0) is 30.5 Å². The Labute approximate surface area is 266 Å². The van der Waals surface area contributed by atoms with Gasteiger partial charge < -0.3 is 27.0 Å². The molecule has 1 aliphatic carbocycles. The van der Waals surface area contributed by atoms with Gasteiger partial charge in [0.05, 0.1) is 12.5 Å². The normalized spacial score (nSPS) is 18.0. The molecule has 2 fully saturated rings. The number of nitrogens with two attached hydrogens (primary N) is 2. The quantitative estimate of drug-likeness (QED) is 0.161. The highest BCUT2D eigenvalue weighted by atomic mass is 16.2. The minimum Gasteiger partial charge on any atom is -0.369 e. The standard InChI is InChI=1S/C34H51N5O6/c1-3-22(2)27(18-29(40)28(17-23-8-5-4-6-9-23)38-33(44)30(41)19-31(36)42)32(43)37-21-25-10-7-11-26(16-25)34(45)39-14-12-24(20-35)13-15-39/h7,10-11,16,22-24,27-28H,3-6,8-9,12-15,17-21,35H2,1-2H3,(H2,36,42)(H,37,43)(H,38,44)/t22-,27-,28-/m0/s1. The van der Waals surface area contributed by atoms with Gasteiger partial charge >= 0.3 is 0 Å². The number of carbonyl (C=O) groups is 6. The maximum atomic E-state index is 13.7. The average molecular weight is 626 g/mol. The first-order chi connectivity index (χ1) is 21.5. The third-order valence-corrected chi connectivity index (χ3v) is 9.54. The Balaban J connectivity index is 1.66. The Bertz CT molecular complexity index is 1210. The van der Waals surface area contributed by atoms with E-state index in [2.05, 4.69) is 10.6 Å². The number of piperidine rings is 1. The first kappa shape index (κ1) is 35.9. The second kappa shape index (κ2) is 17.8. The van der Waals surface area contributed by atoms with Crippen molar-refractivity contribution in [3.8, 4) is 0 Å². The monoisotopic (exact) mass is 625 g/mol. The van der Waals surface area contributed by atoms with Crippen LogP contribution < -0.4 is 22.1 Å². The number of benzene rings is 1. The summed E-state index contributed by atoms with van der Waals surface area (Å²) in [7, 11) is 0. The summed E-state index contributed by atoms with van der Waals surface area (Å²) in [6, 6.07) is 6.28. The zero-order valence-corrected chi connectivity index (χ0v) is 26.9. The number of hydrogen-bond donors (Lipinski definition) is 4. The highest BCUT2D eigenvalue weighted by Gasteiger charge is 2.33. The van der Waals surface area contributed by atoms with Crippen molar-refractivity contribution in [1.29, 1.82) is 0 Å². The molecule has 1 heterocycles. The third-order valence-electron chi connectivity index (χ3n) is 9.54. The maximum absolute atomic E-state index is 13.7. The molecule has 248 valence electrons. The fourth-order valence-electron chi connectivity index (χ4n) is 6.39. The lowest BCUT2D eigenvalue weighted by atomic mass is 9.81. The van der Waals surface area contributed by atoms with Crippen LogP contribution in [0.4, 0.5) is 0 Å². The first-order valence-electron chi connectivity index (χ1n) is 16.5. The molecule has 0 bridgehead atoms. The van der Waals surface area contributed by atoms with Crippen molar-refractivity contribution >= 4 is 35.2 Å². The van der Waals surface area contributed by atoms with E-state index < -0.39 is 36.0 Å². The highest BCUT2D eigenvalue weighted by molar-refractivity contribution is 6.39. The lowest BCUT2D eigenvalue weighted by Gasteiger charge is -2.31. The molecule has 1 aliphatic heterocycles. The molecule has 3 rings (SSSR count). The Morgan fingerprint density at radius 2 is 1.67 bits per heavy atom. The van der Waals surface area contributed by atoms with Crippen LogP contribution in [0.5, 0.6) is 0 Å². The van der Waals surface area contributed by atoms with E-state index in [1.165, 1.54) is 0 Å². The van der Waals surface area contributed by atoms with Crippen LogP contribution in [-0.4, -0.2) is 65.8 Å². The fraction of sp³-hybridized carbons (Fsp3) is 0.647. The zero-order valence-electron chi connectivity index (χ0n) is 26.9. The van der Waals surface area contributed by atoms with E-state index in [1.54, 1.807) is 18.2 Å². The van der Waals surface area contributed by atoms with Gasteiger partial charge in [0.1, 0.15) is 0 Å². The predicted octanol–water partition coefficient (Wildman–Crippen LogP) is 2.63. The largest absolute Gasteiger partial charge is 0.369 e. The predicted molar refractivity (Wildman–Crippen MR) is 170 cm³/mol. The SMILES string of the molecule is CC[C@H](C)[C@H](CC(=O)[C@H](CC1CCCCC1)NC(=O)C(=O)CC(N)=O)C(=O)NCc1cccc(C(=O)N2CCC(CN)CC2)c1. The third kappa shape index (κ3) is 11.1. The summed E-state index contributed by atoms with van der Waals surface area (Å²) in [6.45, 7) is 6.04. The molecular formula is C34H51N5O6. The molecule has 11 nitrogen and oxygen atoms in total. The average Bonchev–Trinajstić information content (AvgIpc) is 3.05. The van der Waals surface area contributed by atoms with Crippen LogP contribution in [0.2, 0.25) is 0 Å². The number of likely N-dealkylation sites (tertiary alicyclic amines) is 1. The van der Waals surface area contributed by atoms with Gasteiger partial charge in [0, 0.05) is 37.5 Å². The second-order valence-corrected chi connectivity index (χ2v) is 12.9. The number of primary amides is 1. The molecule has 2 aliphatic rings. The molecule has 0 unspecified atom stereocenters. The minimum absolute atomic E-state index is 0.0397. The molecule has 4 amide bonds. The van der Waals surface area contributed by atoms with Gasteiger partial charge in [0.2, 0.25) is 17.6 Å². The second-order valence-electron chi connectivity index (χ2n) is 12.9.